The van der Waals surface area contributed by atoms with Crippen LogP contribution in [0.15, 0.2) is 0 Å². The highest BCUT2D eigenvalue weighted by Gasteiger charge is 2.20. The van der Waals surface area contributed by atoms with Crippen LogP contribution in [0.5, 0.6) is 0 Å². The number of alkyl halides is 1. The van der Waals surface area contributed by atoms with Gasteiger partial charge in [0.25, 0.3) is 0 Å². The predicted octanol–water partition coefficient (Wildman–Crippen LogP) is 2.27. The summed E-state index contributed by atoms with van der Waals surface area (Å²) in [5, 5.41) is 0.846. The molecule has 0 bridgehead atoms. The van der Waals surface area contributed by atoms with E-state index in [4.69, 9.17) is 0 Å². The second-order valence-electron chi connectivity index (χ2n) is 4.22. The van der Waals surface area contributed by atoms with Crippen LogP contribution in [0.3, 0.4) is 0 Å². The molecule has 5 heteroatoms. The summed E-state index contributed by atoms with van der Waals surface area (Å²) in [5.74, 6) is 0.718. The number of nitrogens with one attached hydrogen (secondary N) is 1. The molecular formula is C10H20BrNO2S. The Morgan fingerprint density at radius 3 is 2.47 bits per heavy atom. The van der Waals surface area contributed by atoms with E-state index in [0.29, 0.717) is 18.2 Å². The molecule has 1 aliphatic rings. The first-order valence-corrected chi connectivity index (χ1v) is 8.45. The maximum atomic E-state index is 11.6. The minimum atomic E-state index is -3.02. The van der Waals surface area contributed by atoms with Gasteiger partial charge in [0.2, 0.25) is 10.0 Å². The Kier molecular flexibility index (Phi) is 6.16. The number of hydrogen-bond acceptors (Lipinski definition) is 2. The van der Waals surface area contributed by atoms with Gasteiger partial charge in [0.05, 0.1) is 5.75 Å². The summed E-state index contributed by atoms with van der Waals surface area (Å²) in [6, 6.07) is 0. The van der Waals surface area contributed by atoms with E-state index >= 15 is 0 Å². The van der Waals surface area contributed by atoms with Gasteiger partial charge in [-0.15, -0.1) is 0 Å². The lowest BCUT2D eigenvalue weighted by Gasteiger charge is -2.21. The first-order chi connectivity index (χ1) is 7.14. The average molecular weight is 298 g/mol. The highest BCUT2D eigenvalue weighted by Crippen LogP contribution is 2.24. The van der Waals surface area contributed by atoms with Crippen LogP contribution >= 0.6 is 15.9 Å². The van der Waals surface area contributed by atoms with Crippen molar-refractivity contribution in [2.24, 2.45) is 5.92 Å². The number of sulfonamides is 1. The van der Waals surface area contributed by atoms with Gasteiger partial charge >= 0.3 is 0 Å². The van der Waals surface area contributed by atoms with Crippen molar-refractivity contribution in [2.45, 2.75) is 38.5 Å². The fraction of sp³-hybridized carbons (Fsp3) is 1.00. The van der Waals surface area contributed by atoms with E-state index in [1.165, 1.54) is 19.3 Å². The lowest BCUT2D eigenvalue weighted by Crippen LogP contribution is -2.31. The Balaban J connectivity index is 2.27. The third-order valence-corrected chi connectivity index (χ3v) is 4.93. The van der Waals surface area contributed by atoms with Gasteiger partial charge in [-0.25, -0.2) is 13.1 Å². The van der Waals surface area contributed by atoms with Crippen molar-refractivity contribution in [2.75, 3.05) is 17.6 Å². The Hall–Kier alpha value is 0.390. The monoisotopic (exact) mass is 297 g/mol. The fourth-order valence-corrected chi connectivity index (χ4v) is 3.83. The van der Waals surface area contributed by atoms with Gasteiger partial charge in [0.1, 0.15) is 0 Å². The van der Waals surface area contributed by atoms with Gasteiger partial charge < -0.3 is 0 Å². The maximum Gasteiger partial charge on any atom is 0.211 e. The van der Waals surface area contributed by atoms with Crippen LogP contribution in [0, 0.1) is 5.92 Å². The van der Waals surface area contributed by atoms with Gasteiger partial charge in [0, 0.05) is 11.9 Å². The Morgan fingerprint density at radius 1 is 1.20 bits per heavy atom. The second-order valence-corrected chi connectivity index (χ2v) is 6.87. The topological polar surface area (TPSA) is 46.2 Å². The largest absolute Gasteiger partial charge is 0.215 e. The Bertz CT molecular complexity index is 261. The zero-order valence-electron chi connectivity index (χ0n) is 9.04. The first-order valence-electron chi connectivity index (χ1n) is 5.67. The molecule has 0 amide bonds. The molecule has 0 heterocycles. The summed E-state index contributed by atoms with van der Waals surface area (Å²) in [6.45, 7) is 0.556. The molecule has 1 saturated carbocycles. The van der Waals surface area contributed by atoms with Crippen LogP contribution in [0.2, 0.25) is 0 Å². The third kappa shape index (κ3) is 5.88. The van der Waals surface area contributed by atoms with Crippen molar-refractivity contribution in [1.29, 1.82) is 0 Å². The Labute approximate surface area is 101 Å². The first kappa shape index (κ1) is 13.5. The predicted molar refractivity (Wildman–Crippen MR) is 66.8 cm³/mol. The summed E-state index contributed by atoms with van der Waals surface area (Å²) >= 11 is 3.28. The second kappa shape index (κ2) is 6.86. The summed E-state index contributed by atoms with van der Waals surface area (Å²) in [6.07, 6.45) is 6.68. The van der Waals surface area contributed by atoms with Crippen molar-refractivity contribution in [1.82, 2.24) is 4.72 Å². The molecule has 0 aliphatic heterocycles. The fourth-order valence-electron chi connectivity index (χ4n) is 2.02. The third-order valence-electron chi connectivity index (χ3n) is 2.81. The van der Waals surface area contributed by atoms with E-state index in [9.17, 15) is 8.42 Å². The van der Waals surface area contributed by atoms with Crippen LogP contribution < -0.4 is 4.72 Å². The zero-order valence-corrected chi connectivity index (χ0v) is 11.4. The van der Waals surface area contributed by atoms with Crippen molar-refractivity contribution >= 4 is 26.0 Å². The van der Waals surface area contributed by atoms with Gasteiger partial charge in [0.15, 0.2) is 0 Å². The van der Waals surface area contributed by atoms with E-state index in [1.807, 2.05) is 0 Å². The van der Waals surface area contributed by atoms with E-state index in [0.717, 1.165) is 24.6 Å². The SMILES string of the molecule is O=S(=O)(CC1CCCCC1)NCCCBr. The molecule has 0 spiro atoms. The molecule has 0 aromatic carbocycles. The Morgan fingerprint density at radius 2 is 1.87 bits per heavy atom. The van der Waals surface area contributed by atoms with Crippen molar-refractivity contribution in [3.63, 3.8) is 0 Å². The lowest BCUT2D eigenvalue weighted by atomic mass is 9.91. The van der Waals surface area contributed by atoms with Gasteiger partial charge in [-0.05, 0) is 25.2 Å². The lowest BCUT2D eigenvalue weighted by molar-refractivity contribution is 0.384. The molecule has 1 fully saturated rings. The van der Waals surface area contributed by atoms with Crippen LogP contribution in [-0.4, -0.2) is 26.0 Å². The minimum absolute atomic E-state index is 0.329. The molecule has 15 heavy (non-hydrogen) atoms. The molecule has 1 aliphatic carbocycles. The molecule has 0 aromatic rings. The summed E-state index contributed by atoms with van der Waals surface area (Å²) in [5.41, 5.74) is 0. The van der Waals surface area contributed by atoms with E-state index in [2.05, 4.69) is 20.7 Å². The summed E-state index contributed by atoms with van der Waals surface area (Å²) < 4.78 is 25.9. The molecule has 90 valence electrons. The van der Waals surface area contributed by atoms with Gasteiger partial charge in [-0.2, -0.15) is 0 Å². The van der Waals surface area contributed by atoms with Crippen molar-refractivity contribution in [3.05, 3.63) is 0 Å². The molecule has 0 atom stereocenters. The standard InChI is InChI=1S/C10H20BrNO2S/c11-7-4-8-12-15(13,14)9-10-5-2-1-3-6-10/h10,12H,1-9H2. The maximum absolute atomic E-state index is 11.6. The molecule has 0 saturated heterocycles. The molecule has 1 N–H and O–H groups in total. The smallest absolute Gasteiger partial charge is 0.211 e. The minimum Gasteiger partial charge on any atom is -0.215 e. The van der Waals surface area contributed by atoms with Crippen molar-refractivity contribution < 1.29 is 8.42 Å². The molecule has 0 unspecified atom stereocenters. The normalized spacial score (nSPS) is 19.3. The van der Waals surface area contributed by atoms with Crippen LogP contribution in [0.4, 0.5) is 0 Å². The number of hydrogen-bond donors (Lipinski definition) is 1. The molecule has 3 nitrogen and oxygen atoms in total. The molecule has 0 aromatic heterocycles. The highest BCUT2D eigenvalue weighted by molar-refractivity contribution is 9.09. The summed E-state index contributed by atoms with van der Waals surface area (Å²) in [7, 11) is -3.02. The van der Waals surface area contributed by atoms with E-state index in [1.54, 1.807) is 0 Å². The van der Waals surface area contributed by atoms with E-state index in [-0.39, 0.29) is 0 Å². The van der Waals surface area contributed by atoms with E-state index < -0.39 is 10.0 Å². The summed E-state index contributed by atoms with van der Waals surface area (Å²) in [4.78, 5) is 0. The van der Waals surface area contributed by atoms with Gasteiger partial charge in [-0.3, -0.25) is 0 Å². The zero-order chi connectivity index (χ0) is 11.1. The van der Waals surface area contributed by atoms with Crippen LogP contribution in [0.25, 0.3) is 0 Å². The van der Waals surface area contributed by atoms with Crippen molar-refractivity contribution in [3.8, 4) is 0 Å². The molecular weight excluding hydrogens is 278 g/mol. The molecule has 0 radical (unpaired) electrons. The quantitative estimate of drug-likeness (QED) is 0.604. The molecule has 1 rings (SSSR count). The van der Waals surface area contributed by atoms with Crippen LogP contribution in [-0.2, 0) is 10.0 Å². The van der Waals surface area contributed by atoms with Gasteiger partial charge in [-0.1, -0.05) is 35.2 Å². The number of halogens is 1. The highest BCUT2D eigenvalue weighted by atomic mass is 79.9. The number of rotatable bonds is 6. The average Bonchev–Trinajstić information content (AvgIpc) is 2.18. The van der Waals surface area contributed by atoms with Crippen LogP contribution in [0.1, 0.15) is 38.5 Å².